The zero-order valence-electron chi connectivity index (χ0n) is 20.3. The number of halogens is 2. The molecule has 11 heteroatoms. The van der Waals surface area contributed by atoms with Crippen LogP contribution in [0.3, 0.4) is 0 Å². The molecule has 0 fully saturated rings. The fourth-order valence-corrected chi connectivity index (χ4v) is 3.94. The van der Waals surface area contributed by atoms with Gasteiger partial charge in [-0.05, 0) is 70.4 Å². The van der Waals surface area contributed by atoms with Crippen molar-refractivity contribution in [2.24, 2.45) is 5.10 Å². The lowest BCUT2D eigenvalue weighted by Gasteiger charge is -2.15. The van der Waals surface area contributed by atoms with Gasteiger partial charge in [0, 0.05) is 11.1 Å². The summed E-state index contributed by atoms with van der Waals surface area (Å²) in [5.74, 6) is -0.0397. The minimum atomic E-state index is -0.966. The van der Waals surface area contributed by atoms with Crippen molar-refractivity contribution < 1.29 is 28.5 Å². The van der Waals surface area contributed by atoms with Crippen LogP contribution in [0.15, 0.2) is 64.2 Å². The molecule has 0 radical (unpaired) electrons. The molecule has 3 aromatic rings. The maximum absolute atomic E-state index is 12.3. The van der Waals surface area contributed by atoms with Gasteiger partial charge in [0.25, 0.3) is 0 Å². The number of carbonyl (C=O) groups is 2. The van der Waals surface area contributed by atoms with Gasteiger partial charge >= 0.3 is 11.8 Å². The van der Waals surface area contributed by atoms with Crippen molar-refractivity contribution in [2.45, 2.75) is 13.5 Å². The third-order valence-corrected chi connectivity index (χ3v) is 5.67. The van der Waals surface area contributed by atoms with Crippen LogP contribution in [0.5, 0.6) is 23.0 Å². The van der Waals surface area contributed by atoms with Crippen molar-refractivity contribution in [3.8, 4) is 23.0 Å². The van der Waals surface area contributed by atoms with Crippen molar-refractivity contribution in [2.75, 3.05) is 26.1 Å². The Morgan fingerprint density at radius 3 is 2.51 bits per heavy atom. The van der Waals surface area contributed by atoms with E-state index in [2.05, 4.69) is 31.8 Å². The van der Waals surface area contributed by atoms with Gasteiger partial charge in [0.15, 0.2) is 11.5 Å². The van der Waals surface area contributed by atoms with E-state index in [1.165, 1.54) is 26.5 Å². The van der Waals surface area contributed by atoms with Gasteiger partial charge in [-0.15, -0.1) is 0 Å². The van der Waals surface area contributed by atoms with Gasteiger partial charge in [-0.2, -0.15) is 5.10 Å². The summed E-state index contributed by atoms with van der Waals surface area (Å²) in [6.07, 6.45) is 1.38. The van der Waals surface area contributed by atoms with E-state index in [0.717, 1.165) is 5.56 Å². The van der Waals surface area contributed by atoms with Crippen molar-refractivity contribution in [3.63, 3.8) is 0 Å². The Labute approximate surface area is 227 Å². The van der Waals surface area contributed by atoms with Crippen LogP contribution in [-0.4, -0.2) is 38.9 Å². The smallest absolute Gasteiger partial charge is 0.329 e. The van der Waals surface area contributed by atoms with E-state index < -0.39 is 11.8 Å². The summed E-state index contributed by atoms with van der Waals surface area (Å²) >= 11 is 9.54. The Morgan fingerprint density at radius 1 is 1.00 bits per heavy atom. The average Bonchev–Trinajstić information content (AvgIpc) is 2.88. The number of nitrogens with one attached hydrogen (secondary N) is 2. The van der Waals surface area contributed by atoms with Crippen molar-refractivity contribution in [1.29, 1.82) is 0 Å². The normalized spacial score (nSPS) is 10.6. The Hall–Kier alpha value is -3.76. The molecule has 2 N–H and O–H groups in total. The predicted octanol–water partition coefficient (Wildman–Crippen LogP) is 5.19. The third kappa shape index (κ3) is 7.86. The van der Waals surface area contributed by atoms with Crippen LogP contribution in [0, 0.1) is 0 Å². The molecule has 0 bridgehead atoms. The molecule has 37 heavy (non-hydrogen) atoms. The number of anilines is 1. The lowest BCUT2D eigenvalue weighted by molar-refractivity contribution is -0.136. The van der Waals surface area contributed by atoms with Crippen molar-refractivity contribution >= 4 is 51.2 Å². The molecule has 3 aromatic carbocycles. The monoisotopic (exact) mass is 589 g/mol. The Morgan fingerprint density at radius 2 is 1.81 bits per heavy atom. The van der Waals surface area contributed by atoms with Crippen LogP contribution >= 0.6 is 27.5 Å². The van der Waals surface area contributed by atoms with Gasteiger partial charge in [-0.3, -0.25) is 9.59 Å². The number of ether oxygens (including phenoxy) is 4. The molecule has 194 valence electrons. The van der Waals surface area contributed by atoms with E-state index in [1.807, 2.05) is 25.1 Å². The first-order valence-corrected chi connectivity index (χ1v) is 12.2. The van der Waals surface area contributed by atoms with Crippen LogP contribution in [0.1, 0.15) is 18.1 Å². The summed E-state index contributed by atoms with van der Waals surface area (Å²) in [5, 5.41) is 6.98. The first-order chi connectivity index (χ1) is 17.8. The third-order valence-electron chi connectivity index (χ3n) is 4.84. The summed E-state index contributed by atoms with van der Waals surface area (Å²) in [5.41, 5.74) is 3.98. The molecule has 0 aliphatic rings. The maximum Gasteiger partial charge on any atom is 0.329 e. The van der Waals surface area contributed by atoms with Crippen LogP contribution in [0.2, 0.25) is 5.02 Å². The quantitative estimate of drug-likeness (QED) is 0.191. The molecule has 9 nitrogen and oxygen atoms in total. The van der Waals surface area contributed by atoms with Crippen LogP contribution in [-0.2, 0) is 16.2 Å². The summed E-state index contributed by atoms with van der Waals surface area (Å²) in [7, 11) is 2.94. The van der Waals surface area contributed by atoms with E-state index in [0.29, 0.717) is 44.7 Å². The van der Waals surface area contributed by atoms with Crippen molar-refractivity contribution in [1.82, 2.24) is 5.43 Å². The fraction of sp³-hybridized carbons (Fsp3) is 0.192. The highest BCUT2D eigenvalue weighted by Crippen LogP contribution is 2.37. The number of hydrazone groups is 1. The second kappa shape index (κ2) is 13.5. The first-order valence-electron chi connectivity index (χ1n) is 11.0. The summed E-state index contributed by atoms with van der Waals surface area (Å²) in [6.45, 7) is 2.55. The number of methoxy groups -OCH3 is 2. The molecule has 0 aliphatic carbocycles. The summed E-state index contributed by atoms with van der Waals surface area (Å²) in [4.78, 5) is 24.6. The van der Waals surface area contributed by atoms with Gasteiger partial charge in [0.05, 0.1) is 37.2 Å². The standard InChI is InChI=1S/C26H25BrClN3O6/c1-4-36-23-12-17(11-20(27)24(23)37-15-16-6-5-7-18(28)10-16)14-29-31-26(33)25(32)30-21-13-19(34-2)8-9-22(21)35-3/h5-14H,4,15H2,1-3H3,(H,30,32)(H,31,33)/b29-14+. The number of hydrogen-bond donors (Lipinski definition) is 2. The topological polar surface area (TPSA) is 107 Å². The fourth-order valence-electron chi connectivity index (χ4n) is 3.15. The van der Waals surface area contributed by atoms with E-state index in [1.54, 1.807) is 30.3 Å². The van der Waals surface area contributed by atoms with E-state index >= 15 is 0 Å². The lowest BCUT2D eigenvalue weighted by Crippen LogP contribution is -2.32. The molecule has 0 saturated carbocycles. The number of hydrogen-bond acceptors (Lipinski definition) is 7. The summed E-state index contributed by atoms with van der Waals surface area (Å²) in [6, 6.07) is 15.6. The number of rotatable bonds is 10. The van der Waals surface area contributed by atoms with E-state index in [4.69, 9.17) is 30.5 Å². The molecular formula is C26H25BrClN3O6. The lowest BCUT2D eigenvalue weighted by atomic mass is 10.2. The SMILES string of the molecule is CCOc1cc(/C=N/NC(=O)C(=O)Nc2cc(OC)ccc2OC)cc(Br)c1OCc1cccc(Cl)c1. The number of amides is 2. The molecule has 0 atom stereocenters. The Bertz CT molecular complexity index is 1300. The predicted molar refractivity (Wildman–Crippen MR) is 145 cm³/mol. The van der Waals surface area contributed by atoms with E-state index in [-0.39, 0.29) is 12.3 Å². The number of nitrogens with zero attached hydrogens (tertiary/aromatic N) is 1. The number of benzene rings is 3. The molecule has 0 unspecified atom stereocenters. The van der Waals surface area contributed by atoms with Crippen LogP contribution in [0.25, 0.3) is 0 Å². The van der Waals surface area contributed by atoms with Crippen molar-refractivity contribution in [3.05, 3.63) is 75.2 Å². The Balaban J connectivity index is 1.67. The van der Waals surface area contributed by atoms with Crippen LogP contribution < -0.4 is 29.7 Å². The van der Waals surface area contributed by atoms with Gasteiger partial charge in [0.2, 0.25) is 0 Å². The Kier molecular flexibility index (Phi) is 10.2. The zero-order chi connectivity index (χ0) is 26.8. The van der Waals surface area contributed by atoms with Gasteiger partial charge < -0.3 is 24.3 Å². The molecule has 0 aliphatic heterocycles. The van der Waals surface area contributed by atoms with Gasteiger partial charge in [0.1, 0.15) is 18.1 Å². The van der Waals surface area contributed by atoms with Gasteiger partial charge in [-0.25, -0.2) is 5.43 Å². The minimum Gasteiger partial charge on any atom is -0.497 e. The highest BCUT2D eigenvalue weighted by atomic mass is 79.9. The average molecular weight is 591 g/mol. The second-order valence-corrected chi connectivity index (χ2v) is 8.69. The minimum absolute atomic E-state index is 0.282. The largest absolute Gasteiger partial charge is 0.497 e. The molecule has 2 amide bonds. The summed E-state index contributed by atoms with van der Waals surface area (Å²) < 4.78 is 22.7. The first kappa shape index (κ1) is 27.8. The molecule has 0 saturated heterocycles. The highest BCUT2D eigenvalue weighted by Gasteiger charge is 2.16. The number of carbonyl (C=O) groups excluding carboxylic acids is 2. The molecule has 0 aromatic heterocycles. The van der Waals surface area contributed by atoms with Crippen LogP contribution in [0.4, 0.5) is 5.69 Å². The molecule has 3 rings (SSSR count). The second-order valence-electron chi connectivity index (χ2n) is 7.40. The highest BCUT2D eigenvalue weighted by molar-refractivity contribution is 9.10. The maximum atomic E-state index is 12.3. The molecule has 0 heterocycles. The van der Waals surface area contributed by atoms with Gasteiger partial charge in [-0.1, -0.05) is 23.7 Å². The molecular weight excluding hydrogens is 566 g/mol. The zero-order valence-corrected chi connectivity index (χ0v) is 22.7. The molecule has 0 spiro atoms. The van der Waals surface area contributed by atoms with E-state index in [9.17, 15) is 9.59 Å².